The third-order valence-corrected chi connectivity index (χ3v) is 4.45. The normalized spacial score (nSPS) is 12.6. The van der Waals surface area contributed by atoms with Crippen LogP contribution in [0.25, 0.3) is 10.9 Å². The van der Waals surface area contributed by atoms with E-state index in [1.807, 2.05) is 18.2 Å². The highest BCUT2D eigenvalue weighted by molar-refractivity contribution is 9.10. The summed E-state index contributed by atoms with van der Waals surface area (Å²) in [5.74, 6) is 0.937. The molecular formula is C14H16BrClN2OS. The Hall–Kier alpha value is -0.490. The van der Waals surface area contributed by atoms with Crippen molar-refractivity contribution in [1.82, 2.24) is 4.98 Å². The van der Waals surface area contributed by atoms with Crippen LogP contribution in [0.5, 0.6) is 0 Å². The van der Waals surface area contributed by atoms with Gasteiger partial charge in [0.25, 0.3) is 0 Å². The Morgan fingerprint density at radius 3 is 3.00 bits per heavy atom. The highest BCUT2D eigenvalue weighted by atomic mass is 79.9. The van der Waals surface area contributed by atoms with Crippen LogP contribution in [0.3, 0.4) is 0 Å². The standard InChI is InChI=1S/C14H16BrClN2OS/c1-20-8-10(3-5-19)18-13-2-4-17-14-11(13)6-9(15)7-12(14)16/h2,4,6-7,10,19H,3,5,8H2,1H3,(H,17,18). The fourth-order valence-corrected chi connectivity index (χ4v) is 3.59. The number of hydrogen-bond donors (Lipinski definition) is 2. The van der Waals surface area contributed by atoms with Crippen LogP contribution in [0.2, 0.25) is 5.02 Å². The van der Waals surface area contributed by atoms with Gasteiger partial charge in [0, 0.05) is 40.1 Å². The van der Waals surface area contributed by atoms with Gasteiger partial charge < -0.3 is 10.4 Å². The molecule has 1 aromatic heterocycles. The molecule has 0 aliphatic heterocycles. The number of pyridine rings is 1. The monoisotopic (exact) mass is 374 g/mol. The molecular weight excluding hydrogens is 360 g/mol. The van der Waals surface area contributed by atoms with Gasteiger partial charge in [0.15, 0.2) is 0 Å². The third kappa shape index (κ3) is 3.79. The highest BCUT2D eigenvalue weighted by Crippen LogP contribution is 2.31. The Bertz CT molecular complexity index is 591. The number of thioether (sulfide) groups is 1. The summed E-state index contributed by atoms with van der Waals surface area (Å²) in [5.41, 5.74) is 1.78. The molecule has 1 unspecified atom stereocenters. The van der Waals surface area contributed by atoms with Crippen molar-refractivity contribution in [2.45, 2.75) is 12.5 Å². The molecule has 108 valence electrons. The Morgan fingerprint density at radius 2 is 2.30 bits per heavy atom. The number of benzene rings is 1. The van der Waals surface area contributed by atoms with E-state index < -0.39 is 0 Å². The molecule has 20 heavy (non-hydrogen) atoms. The van der Waals surface area contributed by atoms with E-state index in [-0.39, 0.29) is 12.6 Å². The molecule has 2 N–H and O–H groups in total. The molecule has 0 saturated carbocycles. The molecule has 2 aromatic rings. The maximum absolute atomic E-state index is 9.15. The number of hydrogen-bond acceptors (Lipinski definition) is 4. The van der Waals surface area contributed by atoms with Crippen LogP contribution in [0.15, 0.2) is 28.9 Å². The van der Waals surface area contributed by atoms with Crippen LogP contribution in [0.4, 0.5) is 5.69 Å². The van der Waals surface area contributed by atoms with Crippen molar-refractivity contribution in [3.05, 3.63) is 33.9 Å². The van der Waals surface area contributed by atoms with Gasteiger partial charge in [-0.1, -0.05) is 27.5 Å². The molecule has 0 radical (unpaired) electrons. The van der Waals surface area contributed by atoms with Gasteiger partial charge in [-0.15, -0.1) is 0 Å². The Kier molecular flexibility index (Phi) is 5.96. The summed E-state index contributed by atoms with van der Waals surface area (Å²) in [6.45, 7) is 0.172. The zero-order chi connectivity index (χ0) is 14.5. The van der Waals surface area contributed by atoms with Crippen molar-refractivity contribution in [3.8, 4) is 0 Å². The summed E-state index contributed by atoms with van der Waals surface area (Å²) in [4.78, 5) is 4.33. The summed E-state index contributed by atoms with van der Waals surface area (Å²) in [6, 6.07) is 6.01. The predicted molar refractivity (Wildman–Crippen MR) is 91.9 cm³/mol. The van der Waals surface area contributed by atoms with Crippen molar-refractivity contribution < 1.29 is 5.11 Å². The van der Waals surface area contributed by atoms with Crippen LogP contribution in [-0.4, -0.2) is 34.7 Å². The number of rotatable bonds is 6. The molecule has 6 heteroatoms. The van der Waals surface area contributed by atoms with Crippen molar-refractivity contribution in [1.29, 1.82) is 0 Å². The summed E-state index contributed by atoms with van der Waals surface area (Å²) >= 11 is 11.4. The van der Waals surface area contributed by atoms with Crippen LogP contribution >= 0.6 is 39.3 Å². The minimum Gasteiger partial charge on any atom is -0.396 e. The molecule has 0 bridgehead atoms. The SMILES string of the molecule is CSCC(CCO)Nc1ccnc2c(Cl)cc(Br)cc12. The van der Waals surface area contributed by atoms with Crippen molar-refractivity contribution in [3.63, 3.8) is 0 Å². The zero-order valence-electron chi connectivity index (χ0n) is 11.1. The van der Waals surface area contributed by atoms with E-state index in [0.29, 0.717) is 11.4 Å². The zero-order valence-corrected chi connectivity index (χ0v) is 14.2. The average molecular weight is 376 g/mol. The number of halogens is 2. The lowest BCUT2D eigenvalue weighted by Crippen LogP contribution is -2.23. The lowest BCUT2D eigenvalue weighted by molar-refractivity contribution is 0.282. The fourth-order valence-electron chi connectivity index (χ4n) is 2.08. The average Bonchev–Trinajstić information content (AvgIpc) is 2.40. The quantitative estimate of drug-likeness (QED) is 0.795. The number of aliphatic hydroxyl groups excluding tert-OH is 1. The topological polar surface area (TPSA) is 45.1 Å². The molecule has 0 aliphatic carbocycles. The molecule has 0 spiro atoms. The van der Waals surface area contributed by atoms with E-state index in [1.54, 1.807) is 18.0 Å². The van der Waals surface area contributed by atoms with Crippen LogP contribution in [0.1, 0.15) is 6.42 Å². The van der Waals surface area contributed by atoms with Gasteiger partial charge in [-0.05, 0) is 30.9 Å². The number of nitrogens with one attached hydrogen (secondary N) is 1. The van der Waals surface area contributed by atoms with Crippen LogP contribution in [0, 0.1) is 0 Å². The number of anilines is 1. The van der Waals surface area contributed by atoms with E-state index in [1.165, 1.54) is 0 Å². The molecule has 0 fully saturated rings. The van der Waals surface area contributed by atoms with Gasteiger partial charge in [0.1, 0.15) is 0 Å². The largest absolute Gasteiger partial charge is 0.396 e. The number of aromatic nitrogens is 1. The van der Waals surface area contributed by atoms with Crippen molar-refractivity contribution in [2.75, 3.05) is 23.9 Å². The third-order valence-electron chi connectivity index (χ3n) is 2.97. The predicted octanol–water partition coefficient (Wildman–Crippen LogP) is 4.18. The Morgan fingerprint density at radius 1 is 1.50 bits per heavy atom. The van der Waals surface area contributed by atoms with Gasteiger partial charge in [0.2, 0.25) is 0 Å². The number of aliphatic hydroxyl groups is 1. The summed E-state index contributed by atoms with van der Waals surface area (Å²) in [5, 5.41) is 14.2. The van der Waals surface area contributed by atoms with Crippen LogP contribution < -0.4 is 5.32 Å². The molecule has 0 aliphatic rings. The molecule has 0 amide bonds. The molecule has 1 atom stereocenters. The first-order valence-electron chi connectivity index (χ1n) is 6.25. The van der Waals surface area contributed by atoms with E-state index in [4.69, 9.17) is 16.7 Å². The minimum absolute atomic E-state index is 0.172. The summed E-state index contributed by atoms with van der Waals surface area (Å²) in [6.07, 6.45) is 4.52. The van der Waals surface area contributed by atoms with Gasteiger partial charge in [0.05, 0.1) is 10.5 Å². The second kappa shape index (κ2) is 7.50. The maximum atomic E-state index is 9.15. The lowest BCUT2D eigenvalue weighted by atomic mass is 10.1. The summed E-state index contributed by atoms with van der Waals surface area (Å²) in [7, 11) is 0. The van der Waals surface area contributed by atoms with E-state index in [9.17, 15) is 0 Å². The molecule has 1 heterocycles. The van der Waals surface area contributed by atoms with Crippen molar-refractivity contribution >= 4 is 55.9 Å². The maximum Gasteiger partial charge on any atom is 0.0909 e. The highest BCUT2D eigenvalue weighted by Gasteiger charge is 2.11. The lowest BCUT2D eigenvalue weighted by Gasteiger charge is -2.19. The second-order valence-corrected chi connectivity index (χ2v) is 6.68. The molecule has 2 rings (SSSR count). The van der Waals surface area contributed by atoms with Crippen molar-refractivity contribution in [2.24, 2.45) is 0 Å². The van der Waals surface area contributed by atoms with Gasteiger partial charge in [-0.2, -0.15) is 11.8 Å². The van der Waals surface area contributed by atoms with E-state index in [2.05, 4.69) is 32.5 Å². The minimum atomic E-state index is 0.172. The summed E-state index contributed by atoms with van der Waals surface area (Å²) < 4.78 is 0.926. The van der Waals surface area contributed by atoms with E-state index in [0.717, 1.165) is 26.8 Å². The molecule has 0 saturated heterocycles. The van der Waals surface area contributed by atoms with E-state index >= 15 is 0 Å². The first-order valence-corrected chi connectivity index (χ1v) is 8.82. The Balaban J connectivity index is 2.38. The van der Waals surface area contributed by atoms with Gasteiger partial charge >= 0.3 is 0 Å². The Labute approximate surface area is 136 Å². The van der Waals surface area contributed by atoms with Gasteiger partial charge in [-0.3, -0.25) is 4.98 Å². The number of fused-ring (bicyclic) bond motifs is 1. The fraction of sp³-hybridized carbons (Fsp3) is 0.357. The smallest absolute Gasteiger partial charge is 0.0909 e. The molecule has 3 nitrogen and oxygen atoms in total. The molecule has 1 aromatic carbocycles. The second-order valence-electron chi connectivity index (χ2n) is 4.45. The van der Waals surface area contributed by atoms with Gasteiger partial charge in [-0.25, -0.2) is 0 Å². The first kappa shape index (κ1) is 15.9. The number of nitrogens with zero attached hydrogens (tertiary/aromatic N) is 1. The van der Waals surface area contributed by atoms with Crippen LogP contribution in [-0.2, 0) is 0 Å². The first-order chi connectivity index (χ1) is 9.65.